The summed E-state index contributed by atoms with van der Waals surface area (Å²) in [6, 6.07) is 8.13. The molecule has 0 aliphatic heterocycles. The smallest absolute Gasteiger partial charge is 0.192 e. The Kier molecular flexibility index (Phi) is 2.47. The Hall–Kier alpha value is -1.32. The molecular weight excluding hydrogens is 167 g/mol. The first-order chi connectivity index (χ1) is 5.58. The Bertz CT molecular complexity index is 263. The lowest BCUT2D eigenvalue weighted by molar-refractivity contribution is -0.119. The number of benzene rings is 1. The molecule has 0 radical (unpaired) electrons. The van der Waals surface area contributed by atoms with E-state index in [1.165, 1.54) is 0 Å². The quantitative estimate of drug-likeness (QED) is 0.457. The minimum atomic E-state index is -4.48. The van der Waals surface area contributed by atoms with Gasteiger partial charge in [0.1, 0.15) is 0 Å². The van der Waals surface area contributed by atoms with Gasteiger partial charge in [-0.25, -0.2) is 0 Å². The second kappa shape index (κ2) is 3.38. The van der Waals surface area contributed by atoms with Gasteiger partial charge >= 0.3 is 6.30 Å². The van der Waals surface area contributed by atoms with Crippen LogP contribution in [-0.4, -0.2) is 12.5 Å². The zero-order valence-corrected chi connectivity index (χ0v) is 6.05. The van der Waals surface area contributed by atoms with Crippen molar-refractivity contribution in [1.82, 2.24) is 0 Å². The van der Waals surface area contributed by atoms with Crippen molar-refractivity contribution in [3.05, 3.63) is 35.9 Å². The van der Waals surface area contributed by atoms with Crippen molar-refractivity contribution in [2.45, 2.75) is 6.30 Å². The predicted octanol–water partition coefficient (Wildman–Crippen LogP) is 2.63. The molecule has 1 aromatic carbocycles. The van der Waals surface area contributed by atoms with Crippen LogP contribution in [0.15, 0.2) is 35.3 Å². The van der Waals surface area contributed by atoms with Gasteiger partial charge in [0.2, 0.25) is 0 Å². The van der Waals surface area contributed by atoms with Crippen molar-refractivity contribution in [1.29, 1.82) is 0 Å². The maximum Gasteiger partial charge on any atom is 0.503 e. The van der Waals surface area contributed by atoms with Crippen molar-refractivity contribution in [2.24, 2.45) is 4.99 Å². The lowest BCUT2D eigenvalue weighted by Gasteiger charge is -1.96. The van der Waals surface area contributed by atoms with Crippen LogP contribution in [0, 0.1) is 0 Å². The normalized spacial score (nSPS) is 12.2. The summed E-state index contributed by atoms with van der Waals surface area (Å²) in [4.78, 5) is 2.40. The average molecular weight is 173 g/mol. The highest BCUT2D eigenvalue weighted by molar-refractivity contribution is 5.79. The number of hydrogen-bond acceptors (Lipinski definition) is 1. The number of aliphatic imine (C=N–C) groups is 1. The topological polar surface area (TPSA) is 12.4 Å². The van der Waals surface area contributed by atoms with Gasteiger partial charge in [0, 0.05) is 6.21 Å². The molecule has 12 heavy (non-hydrogen) atoms. The fraction of sp³-hybridized carbons (Fsp3) is 0.125. The first-order valence-electron chi connectivity index (χ1n) is 3.25. The molecule has 0 saturated carbocycles. The van der Waals surface area contributed by atoms with Crippen molar-refractivity contribution in [2.75, 3.05) is 0 Å². The van der Waals surface area contributed by atoms with Crippen molar-refractivity contribution < 1.29 is 13.2 Å². The number of nitrogens with zero attached hydrogens (tertiary/aromatic N) is 1. The molecule has 0 aromatic heterocycles. The van der Waals surface area contributed by atoms with Crippen molar-refractivity contribution >= 4 is 6.21 Å². The first-order valence-corrected chi connectivity index (χ1v) is 3.25. The summed E-state index contributed by atoms with van der Waals surface area (Å²) in [6.07, 6.45) is -3.68. The van der Waals surface area contributed by atoms with E-state index in [4.69, 9.17) is 0 Å². The van der Waals surface area contributed by atoms with E-state index in [1.807, 2.05) is 0 Å². The van der Waals surface area contributed by atoms with Crippen LogP contribution in [0.5, 0.6) is 0 Å². The predicted molar refractivity (Wildman–Crippen MR) is 40.1 cm³/mol. The highest BCUT2D eigenvalue weighted by Gasteiger charge is 2.24. The van der Waals surface area contributed by atoms with Gasteiger partial charge in [-0.3, -0.25) is 0 Å². The number of halogens is 3. The third-order valence-corrected chi connectivity index (χ3v) is 1.16. The van der Waals surface area contributed by atoms with E-state index in [1.54, 1.807) is 30.3 Å². The van der Waals surface area contributed by atoms with Gasteiger partial charge in [0.05, 0.1) is 0 Å². The van der Waals surface area contributed by atoms with E-state index in [0.717, 1.165) is 6.21 Å². The molecule has 0 atom stereocenters. The molecule has 0 saturated heterocycles. The second-order valence-electron chi connectivity index (χ2n) is 2.14. The summed E-state index contributed by atoms with van der Waals surface area (Å²) in [5.74, 6) is 0. The van der Waals surface area contributed by atoms with Gasteiger partial charge in [0.25, 0.3) is 0 Å². The van der Waals surface area contributed by atoms with E-state index in [2.05, 4.69) is 4.99 Å². The third-order valence-electron chi connectivity index (χ3n) is 1.16. The lowest BCUT2D eigenvalue weighted by atomic mass is 10.2. The molecule has 64 valence electrons. The zero-order chi connectivity index (χ0) is 9.03. The van der Waals surface area contributed by atoms with Crippen LogP contribution in [0.2, 0.25) is 0 Å². The molecule has 4 heteroatoms. The Morgan fingerprint density at radius 2 is 1.67 bits per heavy atom. The molecule has 0 N–H and O–H groups in total. The maximum atomic E-state index is 11.5. The minimum absolute atomic E-state index is 0.440. The lowest BCUT2D eigenvalue weighted by Crippen LogP contribution is -2.02. The molecule has 0 aliphatic carbocycles. The molecule has 0 heterocycles. The minimum Gasteiger partial charge on any atom is -0.192 e. The molecular formula is C8H6F3N. The van der Waals surface area contributed by atoms with Gasteiger partial charge in [-0.2, -0.15) is 4.99 Å². The van der Waals surface area contributed by atoms with Crippen LogP contribution in [0.1, 0.15) is 5.56 Å². The molecule has 0 fully saturated rings. The summed E-state index contributed by atoms with van der Waals surface area (Å²) < 4.78 is 34.6. The fourth-order valence-corrected chi connectivity index (χ4v) is 0.687. The Morgan fingerprint density at radius 3 is 2.17 bits per heavy atom. The van der Waals surface area contributed by atoms with Crippen LogP contribution in [0.4, 0.5) is 13.2 Å². The van der Waals surface area contributed by atoms with Crippen LogP contribution in [-0.2, 0) is 0 Å². The summed E-state index contributed by atoms with van der Waals surface area (Å²) in [5, 5.41) is 0. The Balaban J connectivity index is 2.71. The van der Waals surface area contributed by atoms with Gasteiger partial charge in [-0.15, -0.1) is 13.2 Å². The van der Waals surface area contributed by atoms with E-state index in [-0.39, 0.29) is 0 Å². The SMILES string of the molecule is FC(F)(F)N=Cc1ccccc1. The third kappa shape index (κ3) is 3.18. The highest BCUT2D eigenvalue weighted by Crippen LogP contribution is 2.15. The molecule has 1 rings (SSSR count). The standard InChI is InChI=1S/C8H6F3N/c9-8(10,11)12-6-7-4-2-1-3-5-7/h1-6H. The first kappa shape index (κ1) is 8.77. The van der Waals surface area contributed by atoms with E-state index >= 15 is 0 Å². The number of hydrogen-bond donors (Lipinski definition) is 0. The molecule has 0 amide bonds. The van der Waals surface area contributed by atoms with Gasteiger partial charge in [-0.05, 0) is 5.56 Å². The van der Waals surface area contributed by atoms with Crippen LogP contribution < -0.4 is 0 Å². The van der Waals surface area contributed by atoms with E-state index in [0.29, 0.717) is 5.56 Å². The summed E-state index contributed by atoms with van der Waals surface area (Å²) in [5.41, 5.74) is 0.440. The zero-order valence-electron chi connectivity index (χ0n) is 6.05. The summed E-state index contributed by atoms with van der Waals surface area (Å²) in [6.45, 7) is 0. The van der Waals surface area contributed by atoms with Crippen LogP contribution in [0.3, 0.4) is 0 Å². The largest absolute Gasteiger partial charge is 0.503 e. The molecule has 0 spiro atoms. The maximum absolute atomic E-state index is 11.5. The van der Waals surface area contributed by atoms with Gasteiger partial charge < -0.3 is 0 Å². The second-order valence-corrected chi connectivity index (χ2v) is 2.14. The molecule has 0 bridgehead atoms. The molecule has 0 aliphatic rings. The Labute approximate surface area is 67.6 Å². The Morgan fingerprint density at radius 1 is 1.08 bits per heavy atom. The molecule has 1 nitrogen and oxygen atoms in total. The number of alkyl halides is 3. The average Bonchev–Trinajstić information content (AvgIpc) is 2.02. The molecule has 1 aromatic rings. The molecule has 0 unspecified atom stereocenters. The highest BCUT2D eigenvalue weighted by atomic mass is 19.4. The number of rotatable bonds is 1. The van der Waals surface area contributed by atoms with Gasteiger partial charge in [-0.1, -0.05) is 30.3 Å². The van der Waals surface area contributed by atoms with E-state index < -0.39 is 6.30 Å². The summed E-state index contributed by atoms with van der Waals surface area (Å²) >= 11 is 0. The van der Waals surface area contributed by atoms with Crippen molar-refractivity contribution in [3.8, 4) is 0 Å². The van der Waals surface area contributed by atoms with Gasteiger partial charge in [0.15, 0.2) is 0 Å². The monoisotopic (exact) mass is 173 g/mol. The van der Waals surface area contributed by atoms with Crippen LogP contribution >= 0.6 is 0 Å². The van der Waals surface area contributed by atoms with Crippen LogP contribution in [0.25, 0.3) is 0 Å². The van der Waals surface area contributed by atoms with Crippen molar-refractivity contribution in [3.63, 3.8) is 0 Å². The summed E-state index contributed by atoms with van der Waals surface area (Å²) in [7, 11) is 0. The van der Waals surface area contributed by atoms with E-state index in [9.17, 15) is 13.2 Å². The fourth-order valence-electron chi connectivity index (χ4n) is 0.687.